The van der Waals surface area contributed by atoms with E-state index in [2.05, 4.69) is 0 Å². The first-order valence-electron chi connectivity index (χ1n) is 5.35. The monoisotopic (exact) mass is 214 g/mol. The molecule has 0 radical (unpaired) electrons. The van der Waals surface area contributed by atoms with Gasteiger partial charge in [0.25, 0.3) is 0 Å². The van der Waals surface area contributed by atoms with Gasteiger partial charge in [0.2, 0.25) is 11.8 Å². The van der Waals surface area contributed by atoms with E-state index in [9.17, 15) is 9.59 Å². The number of carbonyl (C=O) groups is 2. The molecule has 0 aromatic carbocycles. The Balaban J connectivity index is 4.94. The maximum absolute atomic E-state index is 11.7. The van der Waals surface area contributed by atoms with E-state index in [0.717, 1.165) is 6.42 Å². The van der Waals surface area contributed by atoms with Crippen molar-refractivity contribution in [3.8, 4) is 0 Å². The summed E-state index contributed by atoms with van der Waals surface area (Å²) in [7, 11) is 1.64. The van der Waals surface area contributed by atoms with E-state index in [1.165, 1.54) is 4.90 Å². The number of amides is 2. The third-order valence-corrected chi connectivity index (χ3v) is 3.16. The zero-order valence-corrected chi connectivity index (χ0v) is 10.3. The number of primary amides is 1. The highest BCUT2D eigenvalue weighted by Gasteiger charge is 2.40. The van der Waals surface area contributed by atoms with Gasteiger partial charge in [-0.2, -0.15) is 0 Å². The Hall–Kier alpha value is -1.06. The summed E-state index contributed by atoms with van der Waals surface area (Å²) in [6.45, 7) is 7.43. The number of hydrogen-bond donors (Lipinski definition) is 1. The summed E-state index contributed by atoms with van der Waals surface area (Å²) in [5, 5.41) is 0. The summed E-state index contributed by atoms with van der Waals surface area (Å²) < 4.78 is 0. The molecule has 1 atom stereocenters. The molecule has 0 aliphatic heterocycles. The molecule has 15 heavy (non-hydrogen) atoms. The minimum Gasteiger partial charge on any atom is -0.368 e. The Morgan fingerprint density at radius 2 is 1.87 bits per heavy atom. The molecule has 0 aliphatic rings. The predicted molar refractivity (Wildman–Crippen MR) is 60.1 cm³/mol. The summed E-state index contributed by atoms with van der Waals surface area (Å²) >= 11 is 0. The average Bonchev–Trinajstić information content (AvgIpc) is 2.15. The lowest BCUT2D eigenvalue weighted by Gasteiger charge is -2.39. The van der Waals surface area contributed by atoms with Gasteiger partial charge in [0.15, 0.2) is 0 Å². The summed E-state index contributed by atoms with van der Waals surface area (Å²) in [5.41, 5.74) is 4.48. The van der Waals surface area contributed by atoms with Crippen LogP contribution in [-0.4, -0.2) is 29.3 Å². The standard InChI is InChI=1S/C11H22N2O2/c1-6-7-9(14)13(5)11(4,8(2)3)10(12)15/h8H,6-7H2,1-5H3,(H2,12,15)/t11-/m0/s1. The van der Waals surface area contributed by atoms with Crippen LogP contribution < -0.4 is 5.73 Å². The van der Waals surface area contributed by atoms with E-state index in [4.69, 9.17) is 5.73 Å². The smallest absolute Gasteiger partial charge is 0.243 e. The second-order valence-electron chi connectivity index (χ2n) is 4.37. The fraction of sp³-hybridized carbons (Fsp3) is 0.818. The summed E-state index contributed by atoms with van der Waals surface area (Å²) in [6, 6.07) is 0. The second-order valence-corrected chi connectivity index (χ2v) is 4.37. The van der Waals surface area contributed by atoms with Crippen molar-refractivity contribution in [3.05, 3.63) is 0 Å². The van der Waals surface area contributed by atoms with Gasteiger partial charge in [-0.25, -0.2) is 0 Å². The van der Waals surface area contributed by atoms with E-state index in [0.29, 0.717) is 6.42 Å². The maximum Gasteiger partial charge on any atom is 0.243 e. The Morgan fingerprint density at radius 1 is 1.40 bits per heavy atom. The molecule has 88 valence electrons. The minimum atomic E-state index is -0.897. The molecule has 0 unspecified atom stereocenters. The van der Waals surface area contributed by atoms with Gasteiger partial charge in [-0.3, -0.25) is 9.59 Å². The zero-order chi connectivity index (χ0) is 12.2. The number of carbonyl (C=O) groups excluding carboxylic acids is 2. The fourth-order valence-electron chi connectivity index (χ4n) is 1.48. The normalized spacial score (nSPS) is 14.8. The van der Waals surface area contributed by atoms with Crippen LogP contribution in [0.5, 0.6) is 0 Å². The number of rotatable bonds is 5. The molecule has 0 saturated heterocycles. The van der Waals surface area contributed by atoms with Gasteiger partial charge >= 0.3 is 0 Å². The molecular formula is C11H22N2O2. The SMILES string of the molecule is CCCC(=O)N(C)[C@](C)(C(N)=O)C(C)C. The Labute approximate surface area is 91.8 Å². The molecule has 0 spiro atoms. The number of nitrogens with zero attached hydrogens (tertiary/aromatic N) is 1. The quantitative estimate of drug-likeness (QED) is 0.746. The van der Waals surface area contributed by atoms with Gasteiger partial charge in [0.05, 0.1) is 0 Å². The zero-order valence-electron chi connectivity index (χ0n) is 10.3. The van der Waals surface area contributed by atoms with Crippen LogP contribution in [0.2, 0.25) is 0 Å². The van der Waals surface area contributed by atoms with Crippen molar-refractivity contribution in [1.29, 1.82) is 0 Å². The van der Waals surface area contributed by atoms with Crippen LogP contribution in [0.1, 0.15) is 40.5 Å². The van der Waals surface area contributed by atoms with Crippen molar-refractivity contribution in [1.82, 2.24) is 4.90 Å². The molecule has 0 aliphatic carbocycles. The van der Waals surface area contributed by atoms with Crippen molar-refractivity contribution in [2.75, 3.05) is 7.05 Å². The summed E-state index contributed by atoms with van der Waals surface area (Å²) in [4.78, 5) is 24.6. The van der Waals surface area contributed by atoms with Crippen LogP contribution in [-0.2, 0) is 9.59 Å². The highest BCUT2D eigenvalue weighted by atomic mass is 16.2. The molecule has 0 saturated carbocycles. The summed E-state index contributed by atoms with van der Waals surface area (Å²) in [6.07, 6.45) is 1.22. The molecule has 4 heteroatoms. The second kappa shape index (κ2) is 5.14. The van der Waals surface area contributed by atoms with Crippen LogP contribution in [0.4, 0.5) is 0 Å². The van der Waals surface area contributed by atoms with Gasteiger partial charge in [-0.1, -0.05) is 20.8 Å². The first-order chi connectivity index (χ1) is 6.78. The van der Waals surface area contributed by atoms with Gasteiger partial charge < -0.3 is 10.6 Å². The van der Waals surface area contributed by atoms with Crippen LogP contribution in [0.3, 0.4) is 0 Å². The van der Waals surface area contributed by atoms with E-state index in [-0.39, 0.29) is 11.8 Å². The fourth-order valence-corrected chi connectivity index (χ4v) is 1.48. The number of likely N-dealkylation sites (N-methyl/N-ethyl adjacent to an activating group) is 1. The van der Waals surface area contributed by atoms with Gasteiger partial charge in [0, 0.05) is 13.5 Å². The molecule has 0 heterocycles. The van der Waals surface area contributed by atoms with Crippen molar-refractivity contribution in [3.63, 3.8) is 0 Å². The topological polar surface area (TPSA) is 63.4 Å². The minimum absolute atomic E-state index is 0.000746. The highest BCUT2D eigenvalue weighted by molar-refractivity contribution is 5.90. The molecule has 0 rings (SSSR count). The van der Waals surface area contributed by atoms with Crippen LogP contribution >= 0.6 is 0 Å². The number of hydrogen-bond acceptors (Lipinski definition) is 2. The largest absolute Gasteiger partial charge is 0.368 e. The average molecular weight is 214 g/mol. The van der Waals surface area contributed by atoms with E-state index in [1.54, 1.807) is 14.0 Å². The molecule has 0 bridgehead atoms. The lowest BCUT2D eigenvalue weighted by Crippen LogP contribution is -2.59. The van der Waals surface area contributed by atoms with Gasteiger partial charge in [-0.05, 0) is 19.3 Å². The third-order valence-electron chi connectivity index (χ3n) is 3.16. The molecule has 0 fully saturated rings. The van der Waals surface area contributed by atoms with Crippen LogP contribution in [0.15, 0.2) is 0 Å². The lowest BCUT2D eigenvalue weighted by atomic mass is 9.86. The lowest BCUT2D eigenvalue weighted by molar-refractivity contribution is -0.146. The Bertz CT molecular complexity index is 251. The van der Waals surface area contributed by atoms with Crippen LogP contribution in [0.25, 0.3) is 0 Å². The van der Waals surface area contributed by atoms with Crippen LogP contribution in [0, 0.1) is 5.92 Å². The molecule has 2 N–H and O–H groups in total. The molecule has 2 amide bonds. The number of nitrogens with two attached hydrogens (primary N) is 1. The Morgan fingerprint density at radius 3 is 2.13 bits per heavy atom. The molecule has 0 aromatic rings. The Kier molecular flexibility index (Phi) is 4.78. The first kappa shape index (κ1) is 13.9. The third kappa shape index (κ3) is 2.70. The van der Waals surface area contributed by atoms with Gasteiger partial charge in [0.1, 0.15) is 5.54 Å². The molecule has 0 aromatic heterocycles. The van der Waals surface area contributed by atoms with Gasteiger partial charge in [-0.15, -0.1) is 0 Å². The van der Waals surface area contributed by atoms with Crippen molar-refractivity contribution in [2.45, 2.75) is 46.1 Å². The predicted octanol–water partition coefficient (Wildman–Crippen LogP) is 1.14. The van der Waals surface area contributed by atoms with Crippen molar-refractivity contribution < 1.29 is 9.59 Å². The molecular weight excluding hydrogens is 192 g/mol. The van der Waals surface area contributed by atoms with E-state index < -0.39 is 11.4 Å². The molecule has 4 nitrogen and oxygen atoms in total. The highest BCUT2D eigenvalue weighted by Crippen LogP contribution is 2.23. The van der Waals surface area contributed by atoms with Crippen molar-refractivity contribution >= 4 is 11.8 Å². The maximum atomic E-state index is 11.7. The summed E-state index contributed by atoms with van der Waals surface area (Å²) in [5.74, 6) is -0.488. The first-order valence-corrected chi connectivity index (χ1v) is 5.35. The van der Waals surface area contributed by atoms with E-state index in [1.807, 2.05) is 20.8 Å². The van der Waals surface area contributed by atoms with E-state index >= 15 is 0 Å². The van der Waals surface area contributed by atoms with Crippen molar-refractivity contribution in [2.24, 2.45) is 11.7 Å².